The van der Waals surface area contributed by atoms with Gasteiger partial charge in [0.25, 0.3) is 6.47 Å². The Morgan fingerprint density at radius 2 is 1.41 bits per heavy atom. The van der Waals surface area contributed by atoms with Gasteiger partial charge in [-0.2, -0.15) is 0 Å². The second kappa shape index (κ2) is 10.00. The summed E-state index contributed by atoms with van der Waals surface area (Å²) in [6.07, 6.45) is 0. The average molecular weight is 463 g/mol. The zero-order valence-electron chi connectivity index (χ0n) is 20.4. The molecule has 0 aliphatic heterocycles. The highest BCUT2D eigenvalue weighted by atomic mass is 16.6. The van der Waals surface area contributed by atoms with Gasteiger partial charge in [0.15, 0.2) is 0 Å². The molecule has 0 unspecified atom stereocenters. The smallest absolute Gasteiger partial charge is 0.343 e. The molecule has 0 spiro atoms. The largest absolute Gasteiger partial charge is 0.497 e. The van der Waals surface area contributed by atoms with Gasteiger partial charge in [-0.25, -0.2) is 4.79 Å². The number of carbonyl (C=O) groups excluding carboxylic acids is 2. The van der Waals surface area contributed by atoms with Gasteiger partial charge in [-0.05, 0) is 50.5 Å². The molecule has 3 aromatic rings. The molecule has 6 heteroatoms. The normalized spacial score (nSPS) is 11.5. The summed E-state index contributed by atoms with van der Waals surface area (Å²) in [5, 5.41) is 0. The van der Waals surface area contributed by atoms with Crippen molar-refractivity contribution in [3.05, 3.63) is 83.4 Å². The summed E-state index contributed by atoms with van der Waals surface area (Å²) in [7, 11) is 2.96. The Bertz CT molecular complexity index is 1150. The molecule has 0 bridgehead atoms. The van der Waals surface area contributed by atoms with E-state index in [1.54, 1.807) is 26.0 Å². The van der Waals surface area contributed by atoms with Crippen LogP contribution in [0, 0.1) is 0 Å². The lowest BCUT2D eigenvalue weighted by molar-refractivity contribution is -0.141. The maximum atomic E-state index is 13.5. The van der Waals surface area contributed by atoms with Crippen LogP contribution in [0.5, 0.6) is 11.5 Å². The van der Waals surface area contributed by atoms with E-state index < -0.39 is 17.2 Å². The number of carbonyl (C=O) groups is 2. The molecule has 3 rings (SSSR count). The fourth-order valence-electron chi connectivity index (χ4n) is 3.77. The van der Waals surface area contributed by atoms with E-state index in [2.05, 4.69) is 0 Å². The number of esters is 1. The molecule has 0 saturated carbocycles. The number of rotatable bonds is 9. The van der Waals surface area contributed by atoms with Crippen molar-refractivity contribution in [2.45, 2.75) is 38.9 Å². The zero-order valence-corrected chi connectivity index (χ0v) is 20.4. The van der Waals surface area contributed by atoms with Gasteiger partial charge in [0.05, 0.1) is 14.2 Å². The molecule has 0 atom stereocenters. The first kappa shape index (κ1) is 24.8. The fourth-order valence-corrected chi connectivity index (χ4v) is 3.77. The predicted octanol–water partition coefficient (Wildman–Crippen LogP) is 5.87. The minimum atomic E-state index is -1.13. The summed E-state index contributed by atoms with van der Waals surface area (Å²) in [4.78, 5) is 24.6. The van der Waals surface area contributed by atoms with Crippen LogP contribution in [-0.2, 0) is 25.5 Å². The molecule has 0 heterocycles. The van der Waals surface area contributed by atoms with Crippen molar-refractivity contribution in [2.24, 2.45) is 0 Å². The summed E-state index contributed by atoms with van der Waals surface area (Å²) in [6, 6.07) is 21.2. The summed E-state index contributed by atoms with van der Waals surface area (Å²) < 4.78 is 22.1. The first-order chi connectivity index (χ1) is 16.1. The predicted molar refractivity (Wildman–Crippen MR) is 130 cm³/mol. The molecule has 6 nitrogen and oxygen atoms in total. The first-order valence-corrected chi connectivity index (χ1v) is 10.9. The Kier molecular flexibility index (Phi) is 7.30. The van der Waals surface area contributed by atoms with Gasteiger partial charge in [0.1, 0.15) is 28.3 Å². The molecule has 0 fully saturated rings. The zero-order chi connectivity index (χ0) is 24.9. The molecule has 34 heavy (non-hydrogen) atoms. The molecule has 0 amide bonds. The Hall–Kier alpha value is -3.80. The molecule has 0 aliphatic rings. The van der Waals surface area contributed by atoms with Crippen LogP contribution in [0.1, 0.15) is 49.2 Å². The van der Waals surface area contributed by atoms with Gasteiger partial charge in [0, 0.05) is 11.6 Å². The van der Waals surface area contributed by atoms with Crippen LogP contribution in [-0.4, -0.2) is 26.7 Å². The van der Waals surface area contributed by atoms with E-state index in [1.165, 1.54) is 14.2 Å². The van der Waals surface area contributed by atoms with Crippen molar-refractivity contribution in [3.63, 3.8) is 0 Å². The highest BCUT2D eigenvalue weighted by Gasteiger charge is 2.35. The molecule has 0 radical (unpaired) electrons. The number of methoxy groups -OCH3 is 2. The molecular weight excluding hydrogens is 432 g/mol. The third kappa shape index (κ3) is 5.22. The molecule has 0 N–H and O–H groups in total. The van der Waals surface area contributed by atoms with Crippen LogP contribution in [0.2, 0.25) is 0 Å². The number of ether oxygens (including phenoxy) is 4. The summed E-state index contributed by atoms with van der Waals surface area (Å²) in [6.45, 7) is 7.36. The minimum absolute atomic E-state index is 0.170. The summed E-state index contributed by atoms with van der Waals surface area (Å²) in [5.41, 5.74) is 1.52. The standard InChI is InChI=1S/C28H30O6/c1-27(2,21-14-12-20(13-15-21)19-10-8-7-9-11-19)34-26(30)25-23(28(3,4)33-18-29)16-22(31-5)17-24(25)32-6/h7-18H,1-6H3. The second-order valence-corrected chi connectivity index (χ2v) is 8.82. The topological polar surface area (TPSA) is 71.1 Å². The van der Waals surface area contributed by atoms with Gasteiger partial charge in [-0.3, -0.25) is 4.79 Å². The van der Waals surface area contributed by atoms with Crippen LogP contribution in [0.4, 0.5) is 0 Å². The van der Waals surface area contributed by atoms with Crippen LogP contribution < -0.4 is 9.47 Å². The highest BCUT2D eigenvalue weighted by Crippen LogP contribution is 2.39. The van der Waals surface area contributed by atoms with Crippen LogP contribution in [0.15, 0.2) is 66.7 Å². The Balaban J connectivity index is 1.97. The lowest BCUT2D eigenvalue weighted by Crippen LogP contribution is -2.29. The first-order valence-electron chi connectivity index (χ1n) is 10.9. The van der Waals surface area contributed by atoms with Gasteiger partial charge >= 0.3 is 5.97 Å². The maximum Gasteiger partial charge on any atom is 0.343 e. The molecule has 178 valence electrons. The van der Waals surface area contributed by atoms with Gasteiger partial charge < -0.3 is 18.9 Å². The van der Waals surface area contributed by atoms with Crippen LogP contribution in [0.25, 0.3) is 11.1 Å². The molecule has 0 aliphatic carbocycles. The molecule has 3 aromatic carbocycles. The quantitative estimate of drug-likeness (QED) is 0.293. The maximum absolute atomic E-state index is 13.5. The van der Waals surface area contributed by atoms with E-state index in [1.807, 2.05) is 68.4 Å². The minimum Gasteiger partial charge on any atom is -0.497 e. The third-order valence-corrected chi connectivity index (χ3v) is 5.76. The van der Waals surface area contributed by atoms with Crippen molar-refractivity contribution >= 4 is 12.4 Å². The van der Waals surface area contributed by atoms with Crippen LogP contribution >= 0.6 is 0 Å². The monoisotopic (exact) mass is 462 g/mol. The number of hydrogen-bond acceptors (Lipinski definition) is 6. The van der Waals surface area contributed by atoms with Gasteiger partial charge in [-0.15, -0.1) is 0 Å². The number of hydrogen-bond donors (Lipinski definition) is 0. The SMILES string of the molecule is COc1cc(OC)c(C(=O)OC(C)(C)c2ccc(-c3ccccc3)cc2)c(C(C)(C)OC=O)c1. The molecule has 0 saturated heterocycles. The van der Waals surface area contributed by atoms with E-state index in [0.29, 0.717) is 17.8 Å². The van der Waals surface area contributed by atoms with Crippen molar-refractivity contribution in [2.75, 3.05) is 14.2 Å². The van der Waals surface area contributed by atoms with Crippen molar-refractivity contribution in [1.82, 2.24) is 0 Å². The van der Waals surface area contributed by atoms with Crippen molar-refractivity contribution < 1.29 is 28.5 Å². The van der Waals surface area contributed by atoms with Gasteiger partial charge in [0.2, 0.25) is 0 Å². The fraction of sp³-hybridized carbons (Fsp3) is 0.286. The Morgan fingerprint density at radius 3 is 1.97 bits per heavy atom. The van der Waals surface area contributed by atoms with E-state index in [-0.39, 0.29) is 11.3 Å². The van der Waals surface area contributed by atoms with E-state index in [0.717, 1.165) is 16.7 Å². The Labute approximate surface area is 200 Å². The van der Waals surface area contributed by atoms with E-state index >= 15 is 0 Å². The second-order valence-electron chi connectivity index (χ2n) is 8.82. The molecular formula is C28H30O6. The summed E-state index contributed by atoms with van der Waals surface area (Å²) >= 11 is 0. The Morgan fingerprint density at radius 1 is 0.794 bits per heavy atom. The third-order valence-electron chi connectivity index (χ3n) is 5.76. The van der Waals surface area contributed by atoms with Gasteiger partial charge in [-0.1, -0.05) is 54.6 Å². The van der Waals surface area contributed by atoms with Crippen molar-refractivity contribution in [3.8, 4) is 22.6 Å². The van der Waals surface area contributed by atoms with Crippen LogP contribution in [0.3, 0.4) is 0 Å². The lowest BCUT2D eigenvalue weighted by atomic mass is 9.91. The highest BCUT2D eigenvalue weighted by molar-refractivity contribution is 5.95. The van der Waals surface area contributed by atoms with E-state index in [4.69, 9.17) is 18.9 Å². The van der Waals surface area contributed by atoms with E-state index in [9.17, 15) is 9.59 Å². The average Bonchev–Trinajstić information content (AvgIpc) is 2.83. The lowest BCUT2D eigenvalue weighted by Gasteiger charge is -2.30. The molecule has 0 aromatic heterocycles. The number of benzene rings is 3. The summed E-state index contributed by atoms with van der Waals surface area (Å²) in [5.74, 6) is 0.119. The van der Waals surface area contributed by atoms with Crippen molar-refractivity contribution in [1.29, 1.82) is 0 Å².